The summed E-state index contributed by atoms with van der Waals surface area (Å²) in [7, 11) is 0. The topological polar surface area (TPSA) is 35.2 Å². The number of hydrogen-bond acceptors (Lipinski definition) is 2. The van der Waals surface area contributed by atoms with Crippen molar-refractivity contribution < 1.29 is 4.74 Å². The lowest BCUT2D eigenvalue weighted by molar-refractivity contribution is 0.131. The van der Waals surface area contributed by atoms with Gasteiger partial charge in [-0.25, -0.2) is 0 Å². The fourth-order valence-electron chi connectivity index (χ4n) is 2.43. The Bertz CT molecular complexity index is 329. The van der Waals surface area contributed by atoms with Gasteiger partial charge in [-0.05, 0) is 43.7 Å². The van der Waals surface area contributed by atoms with Crippen LogP contribution in [0.5, 0.6) is 5.75 Å². The molecule has 0 amide bonds. The van der Waals surface area contributed by atoms with E-state index in [0.717, 1.165) is 17.4 Å². The molecular weight excluding hydrogens is 198 g/mol. The Morgan fingerprint density at radius 1 is 1.19 bits per heavy atom. The summed E-state index contributed by atoms with van der Waals surface area (Å²) < 4.78 is 5.95. The second-order valence-corrected chi connectivity index (χ2v) is 4.71. The Kier molecular flexibility index (Phi) is 3.70. The fourth-order valence-corrected chi connectivity index (χ4v) is 2.43. The number of para-hydroxylation sites is 2. The molecule has 0 radical (unpaired) electrons. The number of rotatable bonds is 3. The van der Waals surface area contributed by atoms with E-state index in [1.807, 2.05) is 24.3 Å². The molecule has 0 unspecified atom stereocenters. The van der Waals surface area contributed by atoms with Gasteiger partial charge < -0.3 is 10.5 Å². The first-order valence-electron chi connectivity index (χ1n) is 6.30. The number of benzene rings is 1. The van der Waals surface area contributed by atoms with Crippen LogP contribution in [-0.4, -0.2) is 6.10 Å². The molecule has 1 fully saturated rings. The highest BCUT2D eigenvalue weighted by molar-refractivity contribution is 5.51. The maximum atomic E-state index is 5.95. The molecule has 0 bridgehead atoms. The van der Waals surface area contributed by atoms with Crippen LogP contribution in [0, 0.1) is 5.92 Å². The zero-order chi connectivity index (χ0) is 11.4. The Labute approximate surface area is 97.8 Å². The molecule has 0 aromatic heterocycles. The summed E-state index contributed by atoms with van der Waals surface area (Å²) in [5, 5.41) is 0. The zero-order valence-electron chi connectivity index (χ0n) is 9.99. The van der Waals surface area contributed by atoms with Crippen molar-refractivity contribution in [3.05, 3.63) is 24.3 Å². The van der Waals surface area contributed by atoms with Gasteiger partial charge in [-0.1, -0.05) is 25.5 Å². The van der Waals surface area contributed by atoms with Crippen LogP contribution in [0.4, 0.5) is 5.69 Å². The maximum absolute atomic E-state index is 5.95. The molecule has 1 aromatic rings. The molecule has 0 atom stereocenters. The van der Waals surface area contributed by atoms with E-state index in [2.05, 4.69) is 6.92 Å². The molecule has 1 saturated carbocycles. The standard InChI is InChI=1S/C14H21NO/c1-2-11-7-9-12(10-8-11)16-14-6-4-3-5-13(14)15/h3-6,11-12H,2,7-10,15H2,1H3. The predicted octanol–water partition coefficient (Wildman–Crippen LogP) is 3.62. The van der Waals surface area contributed by atoms with Crippen LogP contribution in [-0.2, 0) is 0 Å². The van der Waals surface area contributed by atoms with Gasteiger partial charge in [0.2, 0.25) is 0 Å². The number of ether oxygens (including phenoxy) is 1. The van der Waals surface area contributed by atoms with Gasteiger partial charge in [-0.15, -0.1) is 0 Å². The van der Waals surface area contributed by atoms with Crippen LogP contribution in [0.1, 0.15) is 39.0 Å². The van der Waals surface area contributed by atoms with E-state index in [1.165, 1.54) is 32.1 Å². The largest absolute Gasteiger partial charge is 0.488 e. The van der Waals surface area contributed by atoms with E-state index in [-0.39, 0.29) is 0 Å². The summed E-state index contributed by atoms with van der Waals surface area (Å²) in [5.74, 6) is 1.76. The monoisotopic (exact) mass is 219 g/mol. The highest BCUT2D eigenvalue weighted by Gasteiger charge is 2.21. The van der Waals surface area contributed by atoms with Crippen LogP contribution in [0.2, 0.25) is 0 Å². The highest BCUT2D eigenvalue weighted by Crippen LogP contribution is 2.30. The lowest BCUT2D eigenvalue weighted by Gasteiger charge is -2.28. The minimum Gasteiger partial charge on any atom is -0.488 e. The number of nitrogens with two attached hydrogens (primary N) is 1. The smallest absolute Gasteiger partial charge is 0.142 e. The third-order valence-corrected chi connectivity index (χ3v) is 3.58. The van der Waals surface area contributed by atoms with E-state index >= 15 is 0 Å². The van der Waals surface area contributed by atoms with Gasteiger partial charge in [0, 0.05) is 0 Å². The third kappa shape index (κ3) is 2.69. The number of hydrogen-bond donors (Lipinski definition) is 1. The first-order valence-corrected chi connectivity index (χ1v) is 6.30. The van der Waals surface area contributed by atoms with Gasteiger partial charge in [-0.3, -0.25) is 0 Å². The van der Waals surface area contributed by atoms with E-state index in [4.69, 9.17) is 10.5 Å². The van der Waals surface area contributed by atoms with Crippen LogP contribution in [0.3, 0.4) is 0 Å². The zero-order valence-corrected chi connectivity index (χ0v) is 9.99. The second kappa shape index (κ2) is 5.24. The molecule has 16 heavy (non-hydrogen) atoms. The van der Waals surface area contributed by atoms with Crippen molar-refractivity contribution in [2.45, 2.75) is 45.1 Å². The lowest BCUT2D eigenvalue weighted by atomic mass is 9.86. The molecule has 0 spiro atoms. The van der Waals surface area contributed by atoms with Crippen molar-refractivity contribution in [2.75, 3.05) is 5.73 Å². The van der Waals surface area contributed by atoms with Gasteiger partial charge in [-0.2, -0.15) is 0 Å². The second-order valence-electron chi connectivity index (χ2n) is 4.71. The van der Waals surface area contributed by atoms with Crippen LogP contribution in [0.25, 0.3) is 0 Å². The van der Waals surface area contributed by atoms with Crippen LogP contribution < -0.4 is 10.5 Å². The third-order valence-electron chi connectivity index (χ3n) is 3.58. The molecule has 2 N–H and O–H groups in total. The van der Waals surface area contributed by atoms with Crippen molar-refractivity contribution in [3.63, 3.8) is 0 Å². The number of nitrogen functional groups attached to an aromatic ring is 1. The fraction of sp³-hybridized carbons (Fsp3) is 0.571. The molecule has 2 heteroatoms. The molecule has 1 aliphatic carbocycles. The van der Waals surface area contributed by atoms with Gasteiger partial charge in [0.1, 0.15) is 5.75 Å². The van der Waals surface area contributed by atoms with E-state index in [1.54, 1.807) is 0 Å². The molecular formula is C14H21NO. The van der Waals surface area contributed by atoms with Gasteiger partial charge in [0.15, 0.2) is 0 Å². The molecule has 0 saturated heterocycles. The molecule has 1 aliphatic rings. The molecule has 2 rings (SSSR count). The Morgan fingerprint density at radius 3 is 2.50 bits per heavy atom. The normalized spacial score (nSPS) is 25.3. The van der Waals surface area contributed by atoms with E-state index in [9.17, 15) is 0 Å². The highest BCUT2D eigenvalue weighted by atomic mass is 16.5. The first-order chi connectivity index (χ1) is 7.79. The minimum absolute atomic E-state index is 0.368. The molecule has 2 nitrogen and oxygen atoms in total. The molecule has 0 heterocycles. The molecule has 0 aliphatic heterocycles. The summed E-state index contributed by atoms with van der Waals surface area (Å²) in [5.41, 5.74) is 6.62. The summed E-state index contributed by atoms with van der Waals surface area (Å²) >= 11 is 0. The van der Waals surface area contributed by atoms with Gasteiger partial charge >= 0.3 is 0 Å². The van der Waals surface area contributed by atoms with Gasteiger partial charge in [0.05, 0.1) is 11.8 Å². The summed E-state index contributed by atoms with van der Waals surface area (Å²) in [6, 6.07) is 7.77. The minimum atomic E-state index is 0.368. The van der Waals surface area contributed by atoms with Crippen LogP contribution >= 0.6 is 0 Å². The SMILES string of the molecule is CCC1CCC(Oc2ccccc2N)CC1. The lowest BCUT2D eigenvalue weighted by Crippen LogP contribution is -2.24. The average molecular weight is 219 g/mol. The predicted molar refractivity (Wildman–Crippen MR) is 67.5 cm³/mol. The quantitative estimate of drug-likeness (QED) is 0.788. The summed E-state index contributed by atoms with van der Waals surface area (Å²) in [4.78, 5) is 0. The van der Waals surface area contributed by atoms with Gasteiger partial charge in [0.25, 0.3) is 0 Å². The summed E-state index contributed by atoms with van der Waals surface area (Å²) in [6.45, 7) is 2.28. The average Bonchev–Trinajstić information content (AvgIpc) is 2.33. The summed E-state index contributed by atoms with van der Waals surface area (Å²) in [6.07, 6.45) is 6.62. The van der Waals surface area contributed by atoms with Crippen molar-refractivity contribution >= 4 is 5.69 Å². The molecule has 1 aromatic carbocycles. The van der Waals surface area contributed by atoms with E-state index in [0.29, 0.717) is 6.10 Å². The maximum Gasteiger partial charge on any atom is 0.142 e. The molecule has 88 valence electrons. The van der Waals surface area contributed by atoms with Crippen molar-refractivity contribution in [1.82, 2.24) is 0 Å². The number of anilines is 1. The Morgan fingerprint density at radius 2 is 1.88 bits per heavy atom. The Hall–Kier alpha value is -1.18. The van der Waals surface area contributed by atoms with Crippen molar-refractivity contribution in [2.24, 2.45) is 5.92 Å². The van der Waals surface area contributed by atoms with Crippen LogP contribution in [0.15, 0.2) is 24.3 Å². The van der Waals surface area contributed by atoms with Crippen molar-refractivity contribution in [1.29, 1.82) is 0 Å². The Balaban J connectivity index is 1.89. The van der Waals surface area contributed by atoms with E-state index < -0.39 is 0 Å². The first kappa shape index (κ1) is 11.3. The van der Waals surface area contributed by atoms with Crippen molar-refractivity contribution in [3.8, 4) is 5.75 Å².